The first-order valence-corrected chi connectivity index (χ1v) is 26.7. The van der Waals surface area contributed by atoms with Crippen molar-refractivity contribution in [1.29, 1.82) is 5.53 Å². The van der Waals surface area contributed by atoms with Gasteiger partial charge in [0.15, 0.2) is 57.9 Å². The van der Waals surface area contributed by atoms with Crippen molar-refractivity contribution < 1.29 is 97.3 Å². The molecule has 1 heterocycles. The van der Waals surface area contributed by atoms with Crippen LogP contribution in [-0.2, 0) is 18.6 Å². The Morgan fingerprint density at radius 2 is 1.08 bits per heavy atom. The third-order valence-corrected chi connectivity index (χ3v) is 11.7. The van der Waals surface area contributed by atoms with Crippen molar-refractivity contribution in [3.05, 3.63) is 156 Å². The van der Waals surface area contributed by atoms with Crippen LogP contribution in [0.2, 0.25) is 10.4 Å². The number of amides is 1. The second-order valence-electron chi connectivity index (χ2n) is 17.6. The van der Waals surface area contributed by atoms with Crippen LogP contribution in [0.15, 0.2) is 63.7 Å². The average molecular weight is 1430 g/mol. The number of methoxy groups -OCH3 is 7. The highest BCUT2D eigenvalue weighted by molar-refractivity contribution is 14.1. The van der Waals surface area contributed by atoms with Crippen molar-refractivity contribution in [2.45, 2.75) is 65.4 Å². The lowest BCUT2D eigenvalue weighted by Crippen LogP contribution is -2.28. The van der Waals surface area contributed by atoms with Gasteiger partial charge in [0, 0.05) is 16.2 Å². The van der Waals surface area contributed by atoms with Crippen molar-refractivity contribution in [1.82, 2.24) is 9.97 Å². The number of esters is 2. The van der Waals surface area contributed by atoms with Crippen LogP contribution in [0.25, 0.3) is 0 Å². The molecule has 0 radical (unpaired) electrons. The first kappa shape index (κ1) is 79.9. The second-order valence-corrected chi connectivity index (χ2v) is 19.3. The Balaban J connectivity index is 0.00000102. The predicted molar refractivity (Wildman–Crippen MR) is 318 cm³/mol. The fourth-order valence-corrected chi connectivity index (χ4v) is 7.33. The van der Waals surface area contributed by atoms with Crippen LogP contribution in [0, 0.1) is 86.7 Å². The molecule has 0 fully saturated rings. The number of aromatic carboxylic acids is 1. The number of nitrogen functional groups attached to an aromatic ring is 1. The van der Waals surface area contributed by atoms with Gasteiger partial charge in [0.05, 0.1) is 67.1 Å². The number of benzene rings is 5. The van der Waals surface area contributed by atoms with Crippen LogP contribution in [0.4, 0.5) is 51.3 Å². The molecule has 0 bridgehead atoms. The highest BCUT2D eigenvalue weighted by Gasteiger charge is 2.26. The molecule has 0 aliphatic rings. The number of aromatic nitrogens is 2. The van der Waals surface area contributed by atoms with Crippen LogP contribution >= 0.6 is 57.6 Å². The Morgan fingerprint density at radius 3 is 1.48 bits per heavy atom. The topological polar surface area (TPSA) is 287 Å². The lowest BCUT2D eigenvalue weighted by atomic mass is 10.1. The number of ether oxygens (including phenoxy) is 8. The molecule has 0 atom stereocenters. The quantitative estimate of drug-likeness (QED) is 0.00896. The lowest BCUT2D eigenvalue weighted by molar-refractivity contribution is 0.0583. The highest BCUT2D eigenvalue weighted by Crippen LogP contribution is 2.32. The van der Waals surface area contributed by atoms with Crippen LogP contribution in [0.1, 0.15) is 85.2 Å². The maximum absolute atomic E-state index is 13.9. The standard InChI is InChI=1S/C13H17F2NO3.C10H10F2O3.C10H12O3.C9H8F2O3.C8H9F2NO.C5H3Cl2IN2.ClHN4/c1-7-6-8(18-5)10(15)11(9(7)14)16-12(17)19-13(2,3)4;1-5-4-6(14-2)9(12)7(8(5)11)10(13)15-3;1-7-4-8(10(11)13-3)6-9(5-7)12-2;1-4-3-5(14-2)8(11)6(7(4)10)9(12)13;1-4-3-5(12-2)7(10)8(11)6(4)9;6-4-3(1-8)2-9-5(7)10-4;1-3-5-4-2/h6H,1-5H3,(H,16,17);4H,1-3H3;4-6H,1-3H3;3H,1-2H3,(H,12,13);3H,11H2,1-2H3;2H,1H2;2H. The molecule has 0 aliphatic carbocycles. The number of aryl methyl sites for hydroxylation is 5. The summed E-state index contributed by atoms with van der Waals surface area (Å²) in [6, 6.07) is 10.0. The minimum atomic E-state index is -1.65. The van der Waals surface area contributed by atoms with E-state index in [-0.39, 0.29) is 56.5 Å². The summed E-state index contributed by atoms with van der Waals surface area (Å²) in [7, 11) is 8.95. The summed E-state index contributed by atoms with van der Waals surface area (Å²) in [6.45, 7) is 12.5. The average Bonchev–Trinajstić information content (AvgIpc) is 3.57. The first-order valence-electron chi connectivity index (χ1n) is 24.1. The lowest BCUT2D eigenvalue weighted by Gasteiger charge is -2.20. The number of carbonyl (C=O) groups is 4. The number of carboxylic acid groups (broad SMARTS) is 1. The maximum Gasteiger partial charge on any atom is 0.412 e. The van der Waals surface area contributed by atoms with Crippen molar-refractivity contribution in [3.8, 4) is 28.7 Å². The van der Waals surface area contributed by atoms with Gasteiger partial charge in [0.2, 0.25) is 5.28 Å². The molecule has 1 aromatic heterocycles. The summed E-state index contributed by atoms with van der Waals surface area (Å²) in [5, 5.41) is 16.3. The number of carboxylic acids is 1. The van der Waals surface area contributed by atoms with E-state index >= 15 is 0 Å². The molecule has 5 aromatic carbocycles. The monoisotopic (exact) mass is 1420 g/mol. The zero-order chi connectivity index (χ0) is 68.1. The van der Waals surface area contributed by atoms with Crippen molar-refractivity contribution >= 4 is 92.9 Å². The molecular formula is C55H60Cl3F8IN8O13. The first-order chi connectivity index (χ1) is 41.1. The summed E-state index contributed by atoms with van der Waals surface area (Å²) in [5.41, 5.74) is 10.4. The van der Waals surface area contributed by atoms with Crippen LogP contribution < -0.4 is 34.7 Å². The molecule has 0 spiro atoms. The van der Waals surface area contributed by atoms with Gasteiger partial charge in [-0.3, -0.25) is 5.32 Å². The Kier molecular flexibility index (Phi) is 35.3. The maximum atomic E-state index is 13.9. The Morgan fingerprint density at radius 1 is 0.636 bits per heavy atom. The number of anilines is 2. The number of nitrogens with zero attached hydrogens (tertiary/aromatic N) is 5. The number of rotatable bonds is 11. The van der Waals surface area contributed by atoms with E-state index in [1.807, 2.05) is 13.0 Å². The molecule has 6 rings (SSSR count). The van der Waals surface area contributed by atoms with Gasteiger partial charge in [-0.25, -0.2) is 64.3 Å². The Bertz CT molecular complexity index is 3430. The molecule has 0 aliphatic heterocycles. The van der Waals surface area contributed by atoms with E-state index in [1.165, 1.54) is 81.4 Å². The van der Waals surface area contributed by atoms with E-state index < -0.39 is 92.7 Å². The number of nitrogens with one attached hydrogen (secondary N) is 2. The number of hydrogen-bond acceptors (Lipinski definition) is 17. The molecule has 0 saturated heterocycles. The summed E-state index contributed by atoms with van der Waals surface area (Å²) in [6.07, 6.45) is 0.697. The molecule has 482 valence electrons. The van der Waals surface area contributed by atoms with Crippen molar-refractivity contribution in [2.75, 3.05) is 60.8 Å². The number of hydrogen-bond donors (Lipinski definition) is 4. The van der Waals surface area contributed by atoms with E-state index in [4.69, 9.17) is 53.8 Å². The van der Waals surface area contributed by atoms with E-state index in [9.17, 15) is 54.3 Å². The Labute approximate surface area is 528 Å². The number of carbonyl (C=O) groups excluding carboxylic acids is 3. The number of nitrogens with two attached hydrogens (primary N) is 1. The number of alkyl halides is 1. The van der Waals surface area contributed by atoms with E-state index in [0.29, 0.717) is 16.5 Å². The summed E-state index contributed by atoms with van der Waals surface area (Å²) < 4.78 is 148. The van der Waals surface area contributed by atoms with Crippen LogP contribution in [-0.4, -0.2) is 94.4 Å². The predicted octanol–water partition coefficient (Wildman–Crippen LogP) is 15.6. The number of halogens is 12. The van der Waals surface area contributed by atoms with Crippen LogP contribution in [0.3, 0.4) is 0 Å². The van der Waals surface area contributed by atoms with E-state index in [1.54, 1.807) is 46.2 Å². The highest BCUT2D eigenvalue weighted by atomic mass is 127. The second kappa shape index (κ2) is 38.9. The Hall–Kier alpha value is -8.10. The third kappa shape index (κ3) is 24.9. The minimum absolute atomic E-state index is 0.0284. The molecule has 1 amide bonds. The smallest absolute Gasteiger partial charge is 0.412 e. The van der Waals surface area contributed by atoms with Gasteiger partial charge in [-0.2, -0.15) is 5.53 Å². The van der Waals surface area contributed by atoms with E-state index in [2.05, 4.69) is 88.4 Å². The van der Waals surface area contributed by atoms with Gasteiger partial charge in [-0.1, -0.05) is 38.8 Å². The van der Waals surface area contributed by atoms with Gasteiger partial charge in [-0.05, 0) is 148 Å². The van der Waals surface area contributed by atoms with Gasteiger partial charge < -0.3 is 48.7 Å². The van der Waals surface area contributed by atoms with Crippen molar-refractivity contribution in [2.24, 2.45) is 15.1 Å². The third-order valence-electron chi connectivity index (χ3n) is 10.3. The largest absolute Gasteiger partial charge is 0.497 e. The SMILES string of the molecule is COC(=O)c1c(F)c(C)cc(OC)c1F.COC(=O)c1cc(C)cc(OC)c1.COc1cc(C)c(F)c(C(=O)O)c1F.COc1cc(C)c(F)c(N)c1F.COc1cc(C)c(F)c(NC(=O)OC(C)(C)C)c1F.Clc1ncc(CI)c(Cl)n1.N=NN=NCl. The molecule has 6 aromatic rings. The van der Waals surface area contributed by atoms with Gasteiger partial charge in [-0.15, -0.1) is 0 Å². The molecule has 21 nitrogen and oxygen atoms in total. The fourth-order valence-electron chi connectivity index (χ4n) is 6.14. The molecule has 5 N–H and O–H groups in total. The molecule has 88 heavy (non-hydrogen) atoms. The van der Waals surface area contributed by atoms with Gasteiger partial charge >= 0.3 is 24.0 Å². The van der Waals surface area contributed by atoms with Gasteiger partial charge in [0.1, 0.15) is 50.6 Å². The van der Waals surface area contributed by atoms with E-state index in [0.717, 1.165) is 28.7 Å². The summed E-state index contributed by atoms with van der Waals surface area (Å²) in [4.78, 5) is 51.9. The molecule has 0 saturated carbocycles. The molecular weight excluding hydrogens is 1370 g/mol. The fraction of sp³-hybridized carbons (Fsp3) is 0.309. The normalized spacial score (nSPS) is 10.1. The van der Waals surface area contributed by atoms with Crippen LogP contribution in [0.5, 0.6) is 28.7 Å². The van der Waals surface area contributed by atoms with Gasteiger partial charge in [0.25, 0.3) is 0 Å². The summed E-state index contributed by atoms with van der Waals surface area (Å²) >= 11 is 17.9. The van der Waals surface area contributed by atoms with Crippen molar-refractivity contribution in [3.63, 3.8) is 0 Å². The molecule has 0 unspecified atom stereocenters. The zero-order valence-corrected chi connectivity index (χ0v) is 53.9. The summed E-state index contributed by atoms with van der Waals surface area (Å²) in [5.74, 6) is -10.7. The molecule has 33 heteroatoms. The minimum Gasteiger partial charge on any atom is -0.497 e. The zero-order valence-electron chi connectivity index (χ0n) is 49.5.